The summed E-state index contributed by atoms with van der Waals surface area (Å²) < 4.78 is 0. The third kappa shape index (κ3) is 4.56. The molecule has 1 amide bonds. The molecule has 8 heteroatoms. The zero-order valence-corrected chi connectivity index (χ0v) is 15.9. The number of amides is 1. The van der Waals surface area contributed by atoms with Crippen LogP contribution in [0.2, 0.25) is 10.0 Å². The molecular weight excluding hydrogens is 375 g/mol. The molecule has 26 heavy (non-hydrogen) atoms. The van der Waals surface area contributed by atoms with Gasteiger partial charge in [0.2, 0.25) is 11.9 Å². The molecule has 2 N–H and O–H groups in total. The van der Waals surface area contributed by atoms with Crippen LogP contribution in [0.1, 0.15) is 37.1 Å². The van der Waals surface area contributed by atoms with Gasteiger partial charge in [-0.15, -0.1) is 0 Å². The van der Waals surface area contributed by atoms with Crippen molar-refractivity contribution in [2.45, 2.75) is 32.2 Å². The van der Waals surface area contributed by atoms with Crippen molar-refractivity contribution in [2.75, 3.05) is 18.0 Å². The van der Waals surface area contributed by atoms with Gasteiger partial charge in [0.15, 0.2) is 0 Å². The molecule has 1 atom stereocenters. The van der Waals surface area contributed by atoms with Gasteiger partial charge in [-0.1, -0.05) is 29.3 Å². The molecule has 1 fully saturated rings. The largest absolute Gasteiger partial charge is 0.348 e. The van der Waals surface area contributed by atoms with Crippen LogP contribution in [0, 0.1) is 0 Å². The van der Waals surface area contributed by atoms with E-state index in [-0.39, 0.29) is 23.9 Å². The molecule has 1 aliphatic rings. The lowest BCUT2D eigenvalue weighted by atomic mass is 10.1. The zero-order valence-electron chi connectivity index (χ0n) is 14.4. The quantitative estimate of drug-likeness (QED) is 0.816. The Morgan fingerprint density at radius 3 is 2.69 bits per heavy atom. The molecule has 1 aliphatic heterocycles. The SMILES string of the molecule is C[C@H](NC(=O)Cc1ccc(Cl)c(Cl)c1)c1cc(=O)[nH]c(N2CCCC2)n1. The summed E-state index contributed by atoms with van der Waals surface area (Å²) in [6, 6.07) is 6.13. The highest BCUT2D eigenvalue weighted by molar-refractivity contribution is 6.42. The van der Waals surface area contributed by atoms with Crippen molar-refractivity contribution in [3.63, 3.8) is 0 Å². The highest BCUT2D eigenvalue weighted by atomic mass is 35.5. The van der Waals surface area contributed by atoms with Gasteiger partial charge < -0.3 is 10.2 Å². The van der Waals surface area contributed by atoms with E-state index in [0.717, 1.165) is 31.5 Å². The van der Waals surface area contributed by atoms with Gasteiger partial charge in [0.25, 0.3) is 5.56 Å². The molecule has 0 bridgehead atoms. The van der Waals surface area contributed by atoms with Crippen LogP contribution < -0.4 is 15.8 Å². The van der Waals surface area contributed by atoms with E-state index in [1.165, 1.54) is 6.07 Å². The van der Waals surface area contributed by atoms with Crippen molar-refractivity contribution >= 4 is 35.1 Å². The molecule has 0 aliphatic carbocycles. The first-order valence-corrected chi connectivity index (χ1v) is 9.27. The molecule has 2 aromatic rings. The molecule has 138 valence electrons. The van der Waals surface area contributed by atoms with Crippen molar-refractivity contribution in [1.82, 2.24) is 15.3 Å². The van der Waals surface area contributed by atoms with Crippen LogP contribution in [0.3, 0.4) is 0 Å². The number of benzene rings is 1. The van der Waals surface area contributed by atoms with Crippen molar-refractivity contribution < 1.29 is 4.79 Å². The lowest BCUT2D eigenvalue weighted by Gasteiger charge is -2.19. The van der Waals surface area contributed by atoms with Gasteiger partial charge in [0.1, 0.15) is 0 Å². The highest BCUT2D eigenvalue weighted by Gasteiger charge is 2.18. The van der Waals surface area contributed by atoms with E-state index in [2.05, 4.69) is 20.2 Å². The lowest BCUT2D eigenvalue weighted by molar-refractivity contribution is -0.121. The summed E-state index contributed by atoms with van der Waals surface area (Å²) in [6.45, 7) is 3.57. The fraction of sp³-hybridized carbons (Fsp3) is 0.389. The van der Waals surface area contributed by atoms with Crippen LogP contribution in [0.15, 0.2) is 29.1 Å². The number of hydrogen-bond donors (Lipinski definition) is 2. The number of H-pyrrole nitrogens is 1. The molecule has 0 saturated carbocycles. The fourth-order valence-corrected chi connectivity index (χ4v) is 3.29. The lowest BCUT2D eigenvalue weighted by Crippen LogP contribution is -2.31. The average Bonchev–Trinajstić information content (AvgIpc) is 3.12. The van der Waals surface area contributed by atoms with E-state index in [1.807, 2.05) is 6.92 Å². The van der Waals surface area contributed by atoms with Crippen molar-refractivity contribution in [2.24, 2.45) is 0 Å². The Labute approximate surface area is 161 Å². The second kappa shape index (κ2) is 8.10. The number of halogens is 2. The number of carbonyl (C=O) groups is 1. The summed E-state index contributed by atoms with van der Waals surface area (Å²) in [5.74, 6) is 0.385. The van der Waals surface area contributed by atoms with Crippen LogP contribution in [-0.4, -0.2) is 29.0 Å². The second-order valence-electron chi connectivity index (χ2n) is 6.40. The Hall–Kier alpha value is -2.05. The van der Waals surface area contributed by atoms with E-state index < -0.39 is 0 Å². The van der Waals surface area contributed by atoms with Crippen LogP contribution in [0.25, 0.3) is 0 Å². The zero-order chi connectivity index (χ0) is 18.7. The molecule has 1 aromatic heterocycles. The maximum atomic E-state index is 12.3. The maximum Gasteiger partial charge on any atom is 0.252 e. The normalized spacial score (nSPS) is 15.1. The highest BCUT2D eigenvalue weighted by Crippen LogP contribution is 2.23. The van der Waals surface area contributed by atoms with Gasteiger partial charge in [-0.3, -0.25) is 14.6 Å². The standard InChI is InChI=1S/C18H20Cl2N4O2/c1-11(21-16(25)9-12-4-5-13(19)14(20)8-12)15-10-17(26)23-18(22-15)24-6-2-3-7-24/h4-5,8,10-11H,2-3,6-7,9H2,1H3,(H,21,25)(H,22,23,26)/t11-/m0/s1. The first kappa shape index (κ1) is 18.7. The van der Waals surface area contributed by atoms with E-state index in [1.54, 1.807) is 18.2 Å². The van der Waals surface area contributed by atoms with Crippen LogP contribution >= 0.6 is 23.2 Å². The number of anilines is 1. The summed E-state index contributed by atoms with van der Waals surface area (Å²) in [5.41, 5.74) is 1.08. The second-order valence-corrected chi connectivity index (χ2v) is 7.22. The minimum absolute atomic E-state index is 0.170. The first-order valence-electron chi connectivity index (χ1n) is 8.52. The Balaban J connectivity index is 1.68. The van der Waals surface area contributed by atoms with Crippen LogP contribution in [0.4, 0.5) is 5.95 Å². The summed E-state index contributed by atoms with van der Waals surface area (Å²) >= 11 is 11.9. The molecule has 0 spiro atoms. The van der Waals surface area contributed by atoms with Gasteiger partial charge in [-0.05, 0) is 37.5 Å². The molecule has 1 saturated heterocycles. The summed E-state index contributed by atoms with van der Waals surface area (Å²) in [7, 11) is 0. The van der Waals surface area contributed by atoms with E-state index in [4.69, 9.17) is 23.2 Å². The molecule has 0 radical (unpaired) electrons. The Kier molecular flexibility index (Phi) is 5.84. The monoisotopic (exact) mass is 394 g/mol. The number of aromatic amines is 1. The Morgan fingerprint density at radius 2 is 2.00 bits per heavy atom. The summed E-state index contributed by atoms with van der Waals surface area (Å²) in [6.07, 6.45) is 2.34. The molecular formula is C18H20Cl2N4O2. The topological polar surface area (TPSA) is 78.1 Å². The van der Waals surface area contributed by atoms with Crippen LogP contribution in [0.5, 0.6) is 0 Å². The number of carbonyl (C=O) groups excluding carboxylic acids is 1. The number of nitrogens with one attached hydrogen (secondary N) is 2. The van der Waals surface area contributed by atoms with Gasteiger partial charge >= 0.3 is 0 Å². The number of rotatable bonds is 5. The van der Waals surface area contributed by atoms with Gasteiger partial charge in [0.05, 0.1) is 28.2 Å². The van der Waals surface area contributed by atoms with Gasteiger partial charge in [-0.25, -0.2) is 4.98 Å². The minimum Gasteiger partial charge on any atom is -0.348 e. The predicted molar refractivity (Wildman–Crippen MR) is 103 cm³/mol. The number of hydrogen-bond acceptors (Lipinski definition) is 4. The third-order valence-electron chi connectivity index (χ3n) is 4.32. The van der Waals surface area contributed by atoms with Crippen molar-refractivity contribution in [1.29, 1.82) is 0 Å². The first-order chi connectivity index (χ1) is 12.4. The number of nitrogens with zero attached hydrogens (tertiary/aromatic N) is 2. The molecule has 6 nitrogen and oxygen atoms in total. The molecule has 2 heterocycles. The Bertz CT molecular complexity index is 863. The molecule has 0 unspecified atom stereocenters. The van der Waals surface area contributed by atoms with Crippen molar-refractivity contribution in [3.05, 3.63) is 55.9 Å². The van der Waals surface area contributed by atoms with E-state index in [0.29, 0.717) is 21.7 Å². The maximum absolute atomic E-state index is 12.3. The smallest absolute Gasteiger partial charge is 0.252 e. The molecule has 3 rings (SSSR count). The summed E-state index contributed by atoms with van der Waals surface area (Å²) in [4.78, 5) is 33.6. The van der Waals surface area contributed by atoms with Gasteiger partial charge in [-0.2, -0.15) is 0 Å². The minimum atomic E-state index is -0.381. The third-order valence-corrected chi connectivity index (χ3v) is 5.06. The van der Waals surface area contributed by atoms with Crippen molar-refractivity contribution in [3.8, 4) is 0 Å². The van der Waals surface area contributed by atoms with E-state index >= 15 is 0 Å². The summed E-state index contributed by atoms with van der Waals surface area (Å²) in [5, 5.41) is 3.74. The molecule has 1 aromatic carbocycles. The average molecular weight is 395 g/mol. The Morgan fingerprint density at radius 1 is 1.27 bits per heavy atom. The van der Waals surface area contributed by atoms with E-state index in [9.17, 15) is 9.59 Å². The fourth-order valence-electron chi connectivity index (χ4n) is 2.97. The van der Waals surface area contributed by atoms with Crippen LogP contribution in [-0.2, 0) is 11.2 Å². The van der Waals surface area contributed by atoms with Gasteiger partial charge in [0, 0.05) is 19.2 Å². The number of aromatic nitrogens is 2. The predicted octanol–water partition coefficient (Wildman–Crippen LogP) is 3.10.